The Morgan fingerprint density at radius 3 is 1.84 bits per heavy atom. The Morgan fingerprint density at radius 1 is 0.691 bits per heavy atom. The lowest BCUT2D eigenvalue weighted by Crippen LogP contribution is -2.34. The fourth-order valence-electron chi connectivity index (χ4n) is 4.88. The van der Waals surface area contributed by atoms with Gasteiger partial charge in [-0.1, -0.05) is 139 Å². The summed E-state index contributed by atoms with van der Waals surface area (Å²) in [6.45, 7) is 2.22. The van der Waals surface area contributed by atoms with Gasteiger partial charge >= 0.3 is 25.7 Å². The van der Waals surface area contributed by atoms with Crippen LogP contribution in [-0.4, -0.2) is 93.5 Å². The van der Waals surface area contributed by atoms with Crippen LogP contribution in [0.15, 0.2) is 60.8 Å². The van der Waals surface area contributed by atoms with E-state index >= 15 is 0 Å². The highest BCUT2D eigenvalue weighted by atomic mass is 31.2. The molecule has 1 unspecified atom stereocenters. The number of unbranched alkanes of at least 4 members (excludes halogenated alkanes) is 10. The molecule has 0 aromatic carbocycles. The molecule has 0 radical (unpaired) electrons. The number of aliphatic hydroxyl groups excluding tert-OH is 3. The second kappa shape index (κ2) is 34.3. The number of nitrogens with two attached hydrogens (primary N) is 1. The van der Waals surface area contributed by atoms with Crippen molar-refractivity contribution in [2.24, 2.45) is 5.73 Å². The summed E-state index contributed by atoms with van der Waals surface area (Å²) in [5.41, 5.74) is 5.29. The quantitative estimate of drug-likeness (QED) is 0.0132. The lowest BCUT2D eigenvalue weighted by molar-refractivity contribution is -0.161. The van der Waals surface area contributed by atoms with Crippen molar-refractivity contribution in [3.05, 3.63) is 60.8 Å². The molecule has 0 bridgehead atoms. The van der Waals surface area contributed by atoms with Gasteiger partial charge in [-0.25, -0.2) is 4.57 Å². The molecule has 0 fully saturated rings. The van der Waals surface area contributed by atoms with E-state index in [-0.39, 0.29) is 25.7 Å². The zero-order valence-electron chi connectivity index (χ0n) is 32.8. The number of carboxylic acid groups (broad SMARTS) is 1. The maximum absolute atomic E-state index is 12.6. The van der Waals surface area contributed by atoms with Crippen LogP contribution in [0.25, 0.3) is 0 Å². The van der Waals surface area contributed by atoms with Crippen LogP contribution in [0, 0.1) is 0 Å². The average molecular weight is 802 g/mol. The van der Waals surface area contributed by atoms with E-state index in [1.807, 2.05) is 19.1 Å². The molecule has 316 valence electrons. The predicted octanol–water partition coefficient (Wildman–Crippen LogP) is 6.52. The standard InChI is InChI=1S/C40H68NO13P/c1-3-5-7-8-9-10-11-12-13-18-22-28-38(45)51-30-34(31-52-55(49,50)53-32-35(41)40(47)48)54-39(46)29-23-27-37(44)36(43)26-21-17-15-14-16-20-25-33(42)24-19-6-4-2/h6,14-17,19-21,25-26,33-37,42-44H,3-5,7-13,18,22-24,27-32,41H2,1-2H3,(H,47,48)(H,49,50)/b16-14+,17-15-,19-6-,25-20+,26-21-/t33-,34+,35-,36+,37+/m0/s1. The molecule has 0 aliphatic rings. The Hall–Kier alpha value is -2.94. The molecule has 0 rings (SSSR count). The van der Waals surface area contributed by atoms with E-state index in [0.717, 1.165) is 25.7 Å². The number of hydrogen-bond acceptors (Lipinski definition) is 12. The number of carbonyl (C=O) groups is 3. The van der Waals surface area contributed by atoms with Gasteiger partial charge in [0, 0.05) is 12.8 Å². The van der Waals surface area contributed by atoms with Gasteiger partial charge < -0.3 is 40.5 Å². The van der Waals surface area contributed by atoms with Gasteiger partial charge in [-0.05, 0) is 32.1 Å². The normalized spacial score (nSPS) is 16.2. The third-order valence-electron chi connectivity index (χ3n) is 8.12. The van der Waals surface area contributed by atoms with Crippen molar-refractivity contribution in [3.8, 4) is 0 Å². The SMILES string of the molecule is CC/C=C\C[C@H](O)/C=C/C=C/C=C\C=C/[C@@H](O)[C@H](O)CCCC(=O)O[C@H](COC(=O)CCCCCCCCCCCCC)COP(=O)(O)OC[C@H](N)C(=O)O. The van der Waals surface area contributed by atoms with Gasteiger partial charge in [0.1, 0.15) is 12.6 Å². The first-order chi connectivity index (χ1) is 26.3. The summed E-state index contributed by atoms with van der Waals surface area (Å²) in [5.74, 6) is -2.77. The molecule has 55 heavy (non-hydrogen) atoms. The van der Waals surface area contributed by atoms with Crippen molar-refractivity contribution in [1.82, 2.24) is 0 Å². The summed E-state index contributed by atoms with van der Waals surface area (Å²) in [6.07, 6.45) is 26.8. The number of hydrogen-bond donors (Lipinski definition) is 6. The number of esters is 2. The minimum absolute atomic E-state index is 0.0451. The summed E-state index contributed by atoms with van der Waals surface area (Å²) in [5, 5.41) is 39.2. The van der Waals surface area contributed by atoms with Crippen molar-refractivity contribution < 1.29 is 62.8 Å². The first kappa shape index (κ1) is 52.1. The zero-order valence-corrected chi connectivity index (χ0v) is 33.7. The Kier molecular flexibility index (Phi) is 32.5. The number of phosphoric acid groups is 1. The van der Waals surface area contributed by atoms with Crippen LogP contribution in [-0.2, 0) is 37.5 Å². The van der Waals surface area contributed by atoms with Crippen molar-refractivity contribution in [2.45, 2.75) is 153 Å². The summed E-state index contributed by atoms with van der Waals surface area (Å²) in [6, 6.07) is -1.58. The second-order valence-electron chi connectivity index (χ2n) is 13.3. The van der Waals surface area contributed by atoms with Crippen LogP contribution in [0.2, 0.25) is 0 Å². The van der Waals surface area contributed by atoms with E-state index < -0.39 is 76.0 Å². The number of allylic oxidation sites excluding steroid dienone is 7. The molecule has 0 spiro atoms. The van der Waals surface area contributed by atoms with E-state index in [4.69, 9.17) is 24.8 Å². The number of carbonyl (C=O) groups excluding carboxylic acids is 2. The minimum atomic E-state index is -4.81. The van der Waals surface area contributed by atoms with Gasteiger partial charge in [0.2, 0.25) is 0 Å². The van der Waals surface area contributed by atoms with Crippen LogP contribution >= 0.6 is 7.82 Å². The largest absolute Gasteiger partial charge is 0.480 e. The lowest BCUT2D eigenvalue weighted by atomic mass is 10.1. The van der Waals surface area contributed by atoms with Crippen molar-refractivity contribution in [1.29, 1.82) is 0 Å². The average Bonchev–Trinajstić information content (AvgIpc) is 3.14. The van der Waals surface area contributed by atoms with Gasteiger partial charge in [0.15, 0.2) is 6.10 Å². The number of aliphatic hydroxyl groups is 3. The molecule has 0 saturated carbocycles. The molecule has 0 aliphatic heterocycles. The van der Waals surface area contributed by atoms with Gasteiger partial charge in [0.25, 0.3) is 0 Å². The summed E-state index contributed by atoms with van der Waals surface area (Å²) in [7, 11) is -4.81. The fourth-order valence-corrected chi connectivity index (χ4v) is 5.65. The maximum Gasteiger partial charge on any atom is 0.472 e. The molecule has 0 heterocycles. The van der Waals surface area contributed by atoms with Gasteiger partial charge in [-0.3, -0.25) is 23.4 Å². The van der Waals surface area contributed by atoms with Crippen LogP contribution < -0.4 is 5.73 Å². The van der Waals surface area contributed by atoms with Crippen LogP contribution in [0.4, 0.5) is 0 Å². The summed E-state index contributed by atoms with van der Waals surface area (Å²) < 4.78 is 32.3. The molecule has 0 amide bonds. The minimum Gasteiger partial charge on any atom is -0.480 e. The molecule has 0 aromatic rings. The summed E-state index contributed by atoms with van der Waals surface area (Å²) >= 11 is 0. The highest BCUT2D eigenvalue weighted by Gasteiger charge is 2.28. The summed E-state index contributed by atoms with van der Waals surface area (Å²) in [4.78, 5) is 45.8. The molecule has 0 aromatic heterocycles. The van der Waals surface area contributed by atoms with Crippen molar-refractivity contribution >= 4 is 25.7 Å². The third kappa shape index (κ3) is 33.0. The molecule has 14 nitrogen and oxygen atoms in total. The first-order valence-corrected chi connectivity index (χ1v) is 21.1. The fraction of sp³-hybridized carbons (Fsp3) is 0.675. The lowest BCUT2D eigenvalue weighted by Gasteiger charge is -2.20. The van der Waals surface area contributed by atoms with Gasteiger partial charge in [0.05, 0.1) is 31.5 Å². The zero-order chi connectivity index (χ0) is 41.2. The Morgan fingerprint density at radius 2 is 1.24 bits per heavy atom. The third-order valence-corrected chi connectivity index (χ3v) is 9.07. The van der Waals surface area contributed by atoms with E-state index in [0.29, 0.717) is 12.8 Å². The Labute approximate surface area is 327 Å². The van der Waals surface area contributed by atoms with E-state index in [9.17, 15) is 39.2 Å². The molecular weight excluding hydrogens is 733 g/mol. The number of rotatable bonds is 35. The first-order valence-electron chi connectivity index (χ1n) is 19.6. The van der Waals surface area contributed by atoms with Crippen LogP contribution in [0.5, 0.6) is 0 Å². The topological polar surface area (TPSA) is 232 Å². The van der Waals surface area contributed by atoms with Gasteiger partial charge in [-0.2, -0.15) is 0 Å². The number of aliphatic carboxylic acids is 1. The molecular formula is C40H68NO13P. The van der Waals surface area contributed by atoms with Crippen molar-refractivity contribution in [3.63, 3.8) is 0 Å². The predicted molar refractivity (Wildman–Crippen MR) is 212 cm³/mol. The van der Waals surface area contributed by atoms with Gasteiger partial charge in [-0.15, -0.1) is 0 Å². The molecule has 0 saturated heterocycles. The van der Waals surface area contributed by atoms with Crippen LogP contribution in [0.3, 0.4) is 0 Å². The van der Waals surface area contributed by atoms with Crippen LogP contribution in [0.1, 0.15) is 123 Å². The molecule has 6 atom stereocenters. The van der Waals surface area contributed by atoms with Crippen molar-refractivity contribution in [2.75, 3.05) is 19.8 Å². The number of phosphoric ester groups is 1. The molecule has 15 heteroatoms. The maximum atomic E-state index is 12.6. The monoisotopic (exact) mass is 801 g/mol. The number of carboxylic acids is 1. The van der Waals surface area contributed by atoms with E-state index in [2.05, 4.69) is 11.4 Å². The highest BCUT2D eigenvalue weighted by Crippen LogP contribution is 2.43. The molecule has 7 N–H and O–H groups in total. The highest BCUT2D eigenvalue weighted by molar-refractivity contribution is 7.47. The van der Waals surface area contributed by atoms with E-state index in [1.54, 1.807) is 42.5 Å². The number of ether oxygens (including phenoxy) is 2. The molecule has 0 aliphatic carbocycles. The Bertz CT molecular complexity index is 1220. The second-order valence-corrected chi connectivity index (χ2v) is 14.7. The van der Waals surface area contributed by atoms with E-state index in [1.165, 1.54) is 51.0 Å². The Balaban J connectivity index is 4.80. The smallest absolute Gasteiger partial charge is 0.472 e.